The van der Waals surface area contributed by atoms with Gasteiger partial charge in [-0.05, 0) is 69.8 Å². The van der Waals surface area contributed by atoms with Crippen molar-refractivity contribution in [1.82, 2.24) is 4.90 Å². The molecular weight excluding hydrogens is 290 g/mol. The van der Waals surface area contributed by atoms with Gasteiger partial charge in [-0.3, -0.25) is 0 Å². The van der Waals surface area contributed by atoms with Gasteiger partial charge in [-0.2, -0.15) is 0 Å². The zero-order chi connectivity index (χ0) is 15.5. The summed E-state index contributed by atoms with van der Waals surface area (Å²) in [5.74, 6) is 1.52. The predicted molar refractivity (Wildman–Crippen MR) is 93.8 cm³/mol. The molecule has 1 aromatic carbocycles. The fourth-order valence-corrected chi connectivity index (χ4v) is 4.33. The van der Waals surface area contributed by atoms with Crippen LogP contribution in [0.4, 0.5) is 0 Å². The van der Waals surface area contributed by atoms with E-state index in [1.807, 2.05) is 23.5 Å². The van der Waals surface area contributed by atoms with Crippen molar-refractivity contribution in [2.75, 3.05) is 20.1 Å². The first-order valence-electron chi connectivity index (χ1n) is 8.15. The van der Waals surface area contributed by atoms with Crippen LogP contribution in [0.1, 0.15) is 41.2 Å². The normalized spacial score (nSPS) is 18.5. The maximum atomic E-state index is 10.4. The maximum Gasteiger partial charge on any atom is 0.119 e. The largest absolute Gasteiger partial charge is 0.508 e. The number of phenols is 1. The van der Waals surface area contributed by atoms with Crippen LogP contribution in [0.25, 0.3) is 0 Å². The molecule has 0 spiro atoms. The summed E-state index contributed by atoms with van der Waals surface area (Å²) in [7, 11) is 2.21. The molecule has 22 heavy (non-hydrogen) atoms. The molecule has 0 bridgehead atoms. The number of nitrogens with zero attached hydrogens (tertiary/aromatic N) is 1. The number of benzene rings is 1. The highest BCUT2D eigenvalue weighted by Gasteiger charge is 2.25. The van der Waals surface area contributed by atoms with Gasteiger partial charge in [0.2, 0.25) is 0 Å². The van der Waals surface area contributed by atoms with Gasteiger partial charge in [0.1, 0.15) is 5.75 Å². The van der Waals surface area contributed by atoms with Crippen molar-refractivity contribution < 1.29 is 5.11 Å². The molecule has 1 fully saturated rings. The Balaban J connectivity index is 1.86. The summed E-state index contributed by atoms with van der Waals surface area (Å²) in [5, 5.41) is 12.5. The Hall–Kier alpha value is -1.32. The van der Waals surface area contributed by atoms with E-state index in [2.05, 4.69) is 42.5 Å². The van der Waals surface area contributed by atoms with Gasteiger partial charge in [-0.1, -0.05) is 23.8 Å². The van der Waals surface area contributed by atoms with Gasteiger partial charge in [0.05, 0.1) is 0 Å². The molecule has 0 radical (unpaired) electrons. The van der Waals surface area contributed by atoms with Crippen molar-refractivity contribution in [3.05, 3.63) is 51.7 Å². The molecule has 3 rings (SSSR count). The van der Waals surface area contributed by atoms with Crippen molar-refractivity contribution >= 4 is 11.3 Å². The Bertz CT molecular complexity index is 600. The lowest BCUT2D eigenvalue weighted by Gasteiger charge is -2.31. The first-order valence-corrected chi connectivity index (χ1v) is 9.03. The highest BCUT2D eigenvalue weighted by Crippen LogP contribution is 2.40. The minimum Gasteiger partial charge on any atom is -0.508 e. The van der Waals surface area contributed by atoms with Crippen LogP contribution in [-0.2, 0) is 0 Å². The average molecular weight is 315 g/mol. The molecule has 1 aliphatic rings. The van der Waals surface area contributed by atoms with Gasteiger partial charge >= 0.3 is 0 Å². The first-order chi connectivity index (χ1) is 10.6. The van der Waals surface area contributed by atoms with Crippen LogP contribution >= 0.6 is 11.3 Å². The topological polar surface area (TPSA) is 23.5 Å². The van der Waals surface area contributed by atoms with Crippen LogP contribution in [0.2, 0.25) is 0 Å². The molecule has 0 amide bonds. The minimum atomic E-state index is 0.327. The molecule has 1 saturated heterocycles. The molecule has 2 heterocycles. The number of hydrogen-bond donors (Lipinski definition) is 1. The number of piperidine rings is 1. The number of phenolic OH excluding ortho intramolecular Hbond substituents is 1. The standard InChI is InChI=1S/C19H25NOS/c1-14-5-6-18(21)16(12-14)17(19-4-3-11-22-19)13-15-7-9-20(2)10-8-15/h3-6,11-12,15,17,21H,7-10,13H2,1-2H3. The SMILES string of the molecule is Cc1ccc(O)c(C(CC2CCN(C)CC2)c2cccs2)c1. The Morgan fingerprint density at radius 1 is 1.27 bits per heavy atom. The Morgan fingerprint density at radius 3 is 2.73 bits per heavy atom. The Kier molecular flexibility index (Phi) is 4.84. The van der Waals surface area contributed by atoms with Gasteiger partial charge in [0, 0.05) is 16.4 Å². The highest BCUT2D eigenvalue weighted by molar-refractivity contribution is 7.10. The molecule has 2 nitrogen and oxygen atoms in total. The van der Waals surface area contributed by atoms with Gasteiger partial charge in [-0.25, -0.2) is 0 Å². The second-order valence-corrected chi connectivity index (χ2v) is 7.59. The molecule has 0 saturated carbocycles. The second kappa shape index (κ2) is 6.84. The summed E-state index contributed by atoms with van der Waals surface area (Å²) in [6, 6.07) is 10.3. The van der Waals surface area contributed by atoms with Gasteiger partial charge in [0.25, 0.3) is 0 Å². The van der Waals surface area contributed by atoms with Crippen LogP contribution in [0.5, 0.6) is 5.75 Å². The van der Waals surface area contributed by atoms with Gasteiger partial charge in [0.15, 0.2) is 0 Å². The second-order valence-electron chi connectivity index (χ2n) is 6.61. The van der Waals surface area contributed by atoms with E-state index in [4.69, 9.17) is 0 Å². The molecule has 0 aliphatic carbocycles. The third-order valence-corrected chi connectivity index (χ3v) is 5.84. The fraction of sp³-hybridized carbons (Fsp3) is 0.474. The minimum absolute atomic E-state index is 0.327. The molecule has 1 aliphatic heterocycles. The van der Waals surface area contributed by atoms with Crippen molar-refractivity contribution in [1.29, 1.82) is 0 Å². The lowest BCUT2D eigenvalue weighted by molar-refractivity contribution is 0.208. The number of aromatic hydroxyl groups is 1. The van der Waals surface area contributed by atoms with Gasteiger partial charge < -0.3 is 10.0 Å². The average Bonchev–Trinajstić information content (AvgIpc) is 3.03. The van der Waals surface area contributed by atoms with Crippen molar-refractivity contribution in [2.45, 2.75) is 32.1 Å². The van der Waals surface area contributed by atoms with Gasteiger partial charge in [-0.15, -0.1) is 11.3 Å². The molecule has 2 aromatic rings. The van der Waals surface area contributed by atoms with Crippen LogP contribution in [-0.4, -0.2) is 30.1 Å². The fourth-order valence-electron chi connectivity index (χ4n) is 3.47. The van der Waals surface area contributed by atoms with Crippen LogP contribution in [0.3, 0.4) is 0 Å². The van der Waals surface area contributed by atoms with Crippen LogP contribution in [0, 0.1) is 12.8 Å². The molecule has 1 unspecified atom stereocenters. The maximum absolute atomic E-state index is 10.4. The summed E-state index contributed by atoms with van der Waals surface area (Å²) in [5.41, 5.74) is 2.32. The number of aryl methyl sites for hydroxylation is 1. The lowest BCUT2D eigenvalue weighted by atomic mass is 9.82. The number of thiophene rings is 1. The van der Waals surface area contributed by atoms with E-state index >= 15 is 0 Å². The quantitative estimate of drug-likeness (QED) is 0.889. The summed E-state index contributed by atoms with van der Waals surface area (Å²) >= 11 is 1.81. The van der Waals surface area contributed by atoms with E-state index in [9.17, 15) is 5.11 Å². The van der Waals surface area contributed by atoms with E-state index < -0.39 is 0 Å². The first kappa shape index (κ1) is 15.6. The van der Waals surface area contributed by atoms with E-state index in [0.29, 0.717) is 11.7 Å². The summed E-state index contributed by atoms with van der Waals surface area (Å²) in [6.07, 6.45) is 3.68. The molecule has 1 N–H and O–H groups in total. The van der Waals surface area contributed by atoms with E-state index in [1.54, 1.807) is 0 Å². The summed E-state index contributed by atoms with van der Waals surface area (Å²) in [4.78, 5) is 3.79. The van der Waals surface area contributed by atoms with Crippen LogP contribution in [0.15, 0.2) is 35.7 Å². The van der Waals surface area contributed by atoms with E-state index in [1.165, 1.54) is 36.4 Å². The Labute approximate surface area is 137 Å². The monoisotopic (exact) mass is 315 g/mol. The molecule has 1 atom stereocenters. The third-order valence-electron chi connectivity index (χ3n) is 4.85. The third kappa shape index (κ3) is 3.53. The lowest BCUT2D eigenvalue weighted by Crippen LogP contribution is -2.30. The number of hydrogen-bond acceptors (Lipinski definition) is 3. The number of rotatable bonds is 4. The zero-order valence-electron chi connectivity index (χ0n) is 13.5. The smallest absolute Gasteiger partial charge is 0.119 e. The van der Waals surface area contributed by atoms with E-state index in [-0.39, 0.29) is 0 Å². The van der Waals surface area contributed by atoms with Crippen molar-refractivity contribution in [3.8, 4) is 5.75 Å². The molecule has 1 aromatic heterocycles. The molecular formula is C19H25NOS. The molecule has 118 valence electrons. The van der Waals surface area contributed by atoms with E-state index in [0.717, 1.165) is 17.9 Å². The van der Waals surface area contributed by atoms with Crippen molar-refractivity contribution in [2.24, 2.45) is 5.92 Å². The zero-order valence-corrected chi connectivity index (χ0v) is 14.3. The van der Waals surface area contributed by atoms with Crippen molar-refractivity contribution in [3.63, 3.8) is 0 Å². The summed E-state index contributed by atoms with van der Waals surface area (Å²) in [6.45, 7) is 4.49. The summed E-state index contributed by atoms with van der Waals surface area (Å²) < 4.78 is 0. The number of likely N-dealkylation sites (tertiary alicyclic amines) is 1. The molecule has 3 heteroatoms. The Morgan fingerprint density at radius 2 is 2.05 bits per heavy atom. The predicted octanol–water partition coefficient (Wildman–Crippen LogP) is 4.63. The van der Waals surface area contributed by atoms with Crippen LogP contribution < -0.4 is 0 Å². The highest BCUT2D eigenvalue weighted by atomic mass is 32.1.